The van der Waals surface area contributed by atoms with E-state index in [9.17, 15) is 9.59 Å². The number of hydrogen-bond acceptors (Lipinski definition) is 2. The third-order valence-electron chi connectivity index (χ3n) is 8.30. The summed E-state index contributed by atoms with van der Waals surface area (Å²) in [7, 11) is 0. The molecule has 0 unspecified atom stereocenters. The van der Waals surface area contributed by atoms with Crippen molar-refractivity contribution in [1.29, 1.82) is 0 Å². The van der Waals surface area contributed by atoms with Crippen molar-refractivity contribution in [3.63, 3.8) is 0 Å². The van der Waals surface area contributed by atoms with Crippen molar-refractivity contribution in [3.8, 4) is 0 Å². The second-order valence-corrected chi connectivity index (χ2v) is 11.2. The Morgan fingerprint density at radius 2 is 1.29 bits per heavy atom. The Bertz CT molecular complexity index is 1380. The molecule has 216 valence electrons. The number of carbonyl (C=O) groups is 2. The summed E-state index contributed by atoms with van der Waals surface area (Å²) < 4.78 is 15.0. The molecule has 0 bridgehead atoms. The fraction of sp³-hybridized carbons (Fsp3) is 0.297. The van der Waals surface area contributed by atoms with E-state index in [1.54, 1.807) is 23.1 Å². The van der Waals surface area contributed by atoms with Crippen LogP contribution in [0.25, 0.3) is 0 Å². The average molecular weight is 563 g/mol. The van der Waals surface area contributed by atoms with E-state index < -0.39 is 6.04 Å². The molecule has 5 heteroatoms. The van der Waals surface area contributed by atoms with Crippen LogP contribution in [-0.2, 0) is 22.6 Å². The first-order valence-electron chi connectivity index (χ1n) is 15.1. The first-order chi connectivity index (χ1) is 20.6. The Balaban J connectivity index is 1.51. The van der Waals surface area contributed by atoms with Crippen LogP contribution < -0.4 is 5.32 Å². The second kappa shape index (κ2) is 14.6. The molecule has 1 saturated carbocycles. The molecule has 1 N–H and O–H groups in total. The molecule has 5 rings (SSSR count). The van der Waals surface area contributed by atoms with Crippen molar-refractivity contribution in [2.45, 2.75) is 69.5 Å². The summed E-state index contributed by atoms with van der Waals surface area (Å²) in [5, 5.41) is 3.27. The van der Waals surface area contributed by atoms with Crippen LogP contribution in [0.2, 0.25) is 0 Å². The first-order valence-corrected chi connectivity index (χ1v) is 15.1. The molecule has 0 aliphatic heterocycles. The van der Waals surface area contributed by atoms with Crippen LogP contribution in [0, 0.1) is 5.82 Å². The lowest BCUT2D eigenvalue weighted by atomic mass is 9.87. The molecule has 0 aromatic heterocycles. The highest BCUT2D eigenvalue weighted by molar-refractivity contribution is 5.88. The lowest BCUT2D eigenvalue weighted by molar-refractivity contribution is -0.141. The van der Waals surface area contributed by atoms with Gasteiger partial charge < -0.3 is 10.2 Å². The topological polar surface area (TPSA) is 49.4 Å². The Kier molecular flexibility index (Phi) is 10.2. The Labute approximate surface area is 248 Å². The summed E-state index contributed by atoms with van der Waals surface area (Å²) in [6, 6.07) is 35.5. The standard InChI is InChI=1S/C37H39FN2O2/c38-34-24-14-13-21-31(34)27-40(36(41)26-33(29-17-7-2-8-18-29)30-19-9-3-10-20-30)35(25-28-15-5-1-6-16-28)37(42)39-32-22-11-4-12-23-32/h1-3,5-10,13-21,24,32-33,35H,4,11-12,22-23,25-27H2,(H,39,42)/t35-/m0/s1. The van der Waals surface area contributed by atoms with Crippen LogP contribution in [0.1, 0.15) is 66.7 Å². The summed E-state index contributed by atoms with van der Waals surface area (Å²) in [6.45, 7) is 0.0113. The highest BCUT2D eigenvalue weighted by Gasteiger charge is 2.33. The van der Waals surface area contributed by atoms with Gasteiger partial charge in [0.2, 0.25) is 11.8 Å². The average Bonchev–Trinajstić information content (AvgIpc) is 3.04. The molecule has 1 aliphatic rings. The quantitative estimate of drug-likeness (QED) is 0.207. The van der Waals surface area contributed by atoms with Gasteiger partial charge in [-0.25, -0.2) is 4.39 Å². The highest BCUT2D eigenvalue weighted by atomic mass is 19.1. The predicted molar refractivity (Wildman–Crippen MR) is 165 cm³/mol. The van der Waals surface area contributed by atoms with E-state index in [0.29, 0.717) is 12.0 Å². The van der Waals surface area contributed by atoms with E-state index in [1.807, 2.05) is 91.0 Å². The van der Waals surface area contributed by atoms with Gasteiger partial charge in [0.25, 0.3) is 0 Å². The fourth-order valence-corrected chi connectivity index (χ4v) is 6.00. The minimum Gasteiger partial charge on any atom is -0.352 e. The van der Waals surface area contributed by atoms with Crippen LogP contribution in [0.15, 0.2) is 115 Å². The molecule has 42 heavy (non-hydrogen) atoms. The minimum absolute atomic E-state index is 0.0113. The third-order valence-corrected chi connectivity index (χ3v) is 8.30. The van der Waals surface area contributed by atoms with E-state index in [1.165, 1.54) is 12.5 Å². The predicted octanol–water partition coefficient (Wildman–Crippen LogP) is 7.44. The number of amides is 2. The SMILES string of the molecule is O=C(NC1CCCCC1)[C@H](Cc1ccccc1)N(Cc1ccccc1F)C(=O)CC(c1ccccc1)c1ccccc1. The van der Waals surface area contributed by atoms with Crippen molar-refractivity contribution in [2.75, 3.05) is 0 Å². The lowest BCUT2D eigenvalue weighted by Gasteiger charge is -2.34. The highest BCUT2D eigenvalue weighted by Crippen LogP contribution is 2.30. The maximum atomic E-state index is 15.0. The zero-order chi connectivity index (χ0) is 29.1. The Morgan fingerprint density at radius 1 is 0.738 bits per heavy atom. The van der Waals surface area contributed by atoms with Gasteiger partial charge in [0, 0.05) is 36.9 Å². The number of rotatable bonds is 11. The number of nitrogens with one attached hydrogen (secondary N) is 1. The van der Waals surface area contributed by atoms with E-state index >= 15 is 4.39 Å². The maximum absolute atomic E-state index is 15.0. The van der Waals surface area contributed by atoms with Gasteiger partial charge in [-0.2, -0.15) is 0 Å². The summed E-state index contributed by atoms with van der Waals surface area (Å²) >= 11 is 0. The molecule has 2 amide bonds. The smallest absolute Gasteiger partial charge is 0.243 e. The molecular weight excluding hydrogens is 523 g/mol. The van der Waals surface area contributed by atoms with E-state index in [4.69, 9.17) is 0 Å². The van der Waals surface area contributed by atoms with Gasteiger partial charge in [-0.05, 0) is 35.6 Å². The Hall–Kier alpha value is -4.25. The number of benzene rings is 4. The number of hydrogen-bond donors (Lipinski definition) is 1. The summed E-state index contributed by atoms with van der Waals surface area (Å²) in [5.74, 6) is -0.951. The molecule has 1 fully saturated rings. The normalized spacial score (nSPS) is 14.3. The van der Waals surface area contributed by atoms with E-state index in [0.717, 1.165) is 42.4 Å². The van der Waals surface area contributed by atoms with Crippen molar-refractivity contribution in [3.05, 3.63) is 143 Å². The number of carbonyl (C=O) groups excluding carboxylic acids is 2. The fourth-order valence-electron chi connectivity index (χ4n) is 6.00. The zero-order valence-electron chi connectivity index (χ0n) is 24.0. The molecule has 4 nitrogen and oxygen atoms in total. The first kappa shape index (κ1) is 29.2. The van der Waals surface area contributed by atoms with Crippen LogP contribution in [0.4, 0.5) is 4.39 Å². The van der Waals surface area contributed by atoms with Crippen LogP contribution in [-0.4, -0.2) is 28.8 Å². The van der Waals surface area contributed by atoms with E-state index in [2.05, 4.69) is 5.32 Å². The molecule has 1 atom stereocenters. The molecule has 4 aromatic rings. The summed E-state index contributed by atoms with van der Waals surface area (Å²) in [6.07, 6.45) is 5.73. The van der Waals surface area contributed by atoms with Gasteiger partial charge in [-0.1, -0.05) is 128 Å². The third kappa shape index (κ3) is 7.73. The summed E-state index contributed by atoms with van der Waals surface area (Å²) in [4.78, 5) is 30.1. The molecule has 0 heterocycles. The van der Waals surface area contributed by atoms with Crippen molar-refractivity contribution < 1.29 is 14.0 Å². The van der Waals surface area contributed by atoms with Crippen LogP contribution >= 0.6 is 0 Å². The van der Waals surface area contributed by atoms with Crippen molar-refractivity contribution in [2.24, 2.45) is 0 Å². The number of nitrogens with zero attached hydrogens (tertiary/aromatic N) is 1. The van der Waals surface area contributed by atoms with Gasteiger partial charge in [-0.15, -0.1) is 0 Å². The molecule has 1 aliphatic carbocycles. The monoisotopic (exact) mass is 562 g/mol. The molecule has 0 radical (unpaired) electrons. The van der Waals surface area contributed by atoms with Crippen molar-refractivity contribution in [1.82, 2.24) is 10.2 Å². The van der Waals surface area contributed by atoms with Gasteiger partial charge in [0.05, 0.1) is 0 Å². The molecule has 4 aromatic carbocycles. The minimum atomic E-state index is -0.784. The lowest BCUT2D eigenvalue weighted by Crippen LogP contribution is -2.53. The number of halogens is 1. The zero-order valence-corrected chi connectivity index (χ0v) is 24.0. The van der Waals surface area contributed by atoms with Gasteiger partial charge in [0.15, 0.2) is 0 Å². The Morgan fingerprint density at radius 3 is 1.88 bits per heavy atom. The van der Waals surface area contributed by atoms with Gasteiger partial charge in [0.1, 0.15) is 11.9 Å². The van der Waals surface area contributed by atoms with Gasteiger partial charge in [-0.3, -0.25) is 9.59 Å². The summed E-state index contributed by atoms with van der Waals surface area (Å²) in [5.41, 5.74) is 3.39. The van der Waals surface area contributed by atoms with Gasteiger partial charge >= 0.3 is 0 Å². The maximum Gasteiger partial charge on any atom is 0.243 e. The second-order valence-electron chi connectivity index (χ2n) is 11.2. The molecule has 0 saturated heterocycles. The molecular formula is C37H39FN2O2. The van der Waals surface area contributed by atoms with Crippen LogP contribution in [0.3, 0.4) is 0 Å². The van der Waals surface area contributed by atoms with Crippen LogP contribution in [0.5, 0.6) is 0 Å². The largest absolute Gasteiger partial charge is 0.352 e. The van der Waals surface area contributed by atoms with E-state index in [-0.39, 0.29) is 42.6 Å². The van der Waals surface area contributed by atoms with Crippen molar-refractivity contribution >= 4 is 11.8 Å². The molecule has 0 spiro atoms.